The van der Waals surface area contributed by atoms with Crippen molar-refractivity contribution in [1.29, 1.82) is 0 Å². The molecule has 3 N–H and O–H groups in total. The van der Waals surface area contributed by atoms with Crippen LogP contribution in [0.1, 0.15) is 335 Å². The van der Waals surface area contributed by atoms with Gasteiger partial charge in [0.25, 0.3) is 0 Å². The first kappa shape index (κ1) is 69.5. The van der Waals surface area contributed by atoms with E-state index in [9.17, 15) is 19.4 Å². The second-order valence-corrected chi connectivity index (χ2v) is 24.6. The molecule has 8 nitrogen and oxygen atoms in total. The minimum absolute atomic E-state index is 0.0790. The van der Waals surface area contributed by atoms with Gasteiger partial charge in [0.15, 0.2) is 0 Å². The predicted octanol–water partition coefficient (Wildman–Crippen LogP) is 19.2. The Hall–Kier alpha value is -0.500. The molecule has 1 amide bonds. The van der Waals surface area contributed by atoms with Crippen LogP contribution in [-0.2, 0) is 18.4 Å². The Bertz CT molecular complexity index is 1100. The lowest BCUT2D eigenvalue weighted by molar-refractivity contribution is -0.870. The lowest BCUT2D eigenvalue weighted by Gasteiger charge is -2.26. The maximum Gasteiger partial charge on any atom is 0.472 e. The van der Waals surface area contributed by atoms with Crippen molar-refractivity contribution in [2.24, 2.45) is 0 Å². The number of amides is 1. The second kappa shape index (κ2) is 53.3. The number of hydrogen-bond donors (Lipinski definition) is 3. The van der Waals surface area contributed by atoms with Crippen molar-refractivity contribution < 1.29 is 32.9 Å². The lowest BCUT2D eigenvalue weighted by atomic mass is 10.0. The van der Waals surface area contributed by atoms with Crippen molar-refractivity contribution >= 4 is 13.7 Å². The van der Waals surface area contributed by atoms with Crippen molar-refractivity contribution in [2.75, 3.05) is 40.9 Å². The first-order valence-electron chi connectivity index (χ1n) is 31.4. The molecule has 3 unspecified atom stereocenters. The molecule has 0 aliphatic heterocycles. The van der Waals surface area contributed by atoms with E-state index in [1.807, 2.05) is 21.1 Å². The zero-order chi connectivity index (χ0) is 51.3. The molecule has 0 rings (SSSR count). The third kappa shape index (κ3) is 55.3. The third-order valence-corrected chi connectivity index (χ3v) is 15.8. The highest BCUT2D eigenvalue weighted by Crippen LogP contribution is 2.43. The maximum absolute atomic E-state index is 13.0. The molecule has 0 spiro atoms. The van der Waals surface area contributed by atoms with E-state index in [0.29, 0.717) is 23.9 Å². The Kier molecular flexibility index (Phi) is 52.9. The molecule has 0 bridgehead atoms. The quantitative estimate of drug-likeness (QED) is 0.0318. The Morgan fingerprint density at radius 3 is 0.957 bits per heavy atom. The monoisotopic (exact) mass is 1010 g/mol. The molecule has 0 saturated carbocycles. The number of quaternary nitrogens is 1. The first-order valence-corrected chi connectivity index (χ1v) is 32.9. The summed E-state index contributed by atoms with van der Waals surface area (Å²) in [4.78, 5) is 23.3. The highest BCUT2D eigenvalue weighted by Gasteiger charge is 2.28. The van der Waals surface area contributed by atoms with Crippen LogP contribution in [0.4, 0.5) is 0 Å². The first-order chi connectivity index (χ1) is 34.0. The Balaban J connectivity index is 3.89. The summed E-state index contributed by atoms with van der Waals surface area (Å²) >= 11 is 0. The summed E-state index contributed by atoms with van der Waals surface area (Å²) in [6.45, 7) is 4.94. The zero-order valence-electron chi connectivity index (χ0n) is 48.1. The van der Waals surface area contributed by atoms with Gasteiger partial charge in [-0.3, -0.25) is 13.8 Å². The van der Waals surface area contributed by atoms with E-state index in [2.05, 4.69) is 19.2 Å². The van der Waals surface area contributed by atoms with Crippen molar-refractivity contribution in [3.63, 3.8) is 0 Å². The molecular formula is C61H126N2O6P+. The van der Waals surface area contributed by atoms with Crippen LogP contribution < -0.4 is 5.32 Å². The molecule has 0 aliphatic rings. The molecular weight excluding hydrogens is 888 g/mol. The number of rotatable bonds is 59. The second-order valence-electron chi connectivity index (χ2n) is 23.2. The minimum Gasteiger partial charge on any atom is -0.391 e. The van der Waals surface area contributed by atoms with Crippen molar-refractivity contribution in [1.82, 2.24) is 5.32 Å². The molecule has 0 aromatic carbocycles. The number of hydrogen-bond acceptors (Lipinski definition) is 5. The topological polar surface area (TPSA) is 105 Å². The van der Waals surface area contributed by atoms with E-state index in [-0.39, 0.29) is 19.1 Å². The van der Waals surface area contributed by atoms with Gasteiger partial charge in [0.2, 0.25) is 5.91 Å². The molecule has 0 aliphatic carbocycles. The van der Waals surface area contributed by atoms with Crippen LogP contribution in [0.2, 0.25) is 0 Å². The van der Waals surface area contributed by atoms with E-state index < -0.39 is 20.0 Å². The largest absolute Gasteiger partial charge is 0.472 e. The van der Waals surface area contributed by atoms with Crippen LogP contribution in [0.15, 0.2) is 0 Å². The number of carbonyl (C=O) groups is 1. The van der Waals surface area contributed by atoms with Crippen LogP contribution >= 0.6 is 7.82 Å². The summed E-state index contributed by atoms with van der Waals surface area (Å²) in [6, 6.07) is -0.755. The fraction of sp³-hybridized carbons (Fsp3) is 0.984. The van der Waals surface area contributed by atoms with E-state index in [1.54, 1.807) is 0 Å². The normalized spacial score (nSPS) is 13.8. The average molecular weight is 1010 g/mol. The summed E-state index contributed by atoms with van der Waals surface area (Å²) in [6.07, 6.45) is 64.8. The van der Waals surface area contributed by atoms with E-state index in [0.717, 1.165) is 38.5 Å². The number of aliphatic hydroxyl groups is 1. The molecule has 0 saturated heterocycles. The van der Waals surface area contributed by atoms with Crippen LogP contribution in [-0.4, -0.2) is 73.4 Å². The molecule has 9 heteroatoms. The van der Waals surface area contributed by atoms with Crippen LogP contribution in [0, 0.1) is 0 Å². The van der Waals surface area contributed by atoms with Crippen molar-refractivity contribution in [3.8, 4) is 0 Å². The highest BCUT2D eigenvalue weighted by molar-refractivity contribution is 7.47. The molecule has 0 aromatic rings. The number of unbranched alkanes of at least 4 members (excludes halogenated alkanes) is 46. The fourth-order valence-electron chi connectivity index (χ4n) is 9.93. The smallest absolute Gasteiger partial charge is 0.391 e. The average Bonchev–Trinajstić information content (AvgIpc) is 3.32. The number of phosphoric acid groups is 1. The van der Waals surface area contributed by atoms with Gasteiger partial charge in [-0.1, -0.05) is 316 Å². The van der Waals surface area contributed by atoms with Gasteiger partial charge in [0.1, 0.15) is 13.2 Å². The van der Waals surface area contributed by atoms with Crippen LogP contribution in [0.5, 0.6) is 0 Å². The van der Waals surface area contributed by atoms with E-state index >= 15 is 0 Å². The van der Waals surface area contributed by atoms with E-state index in [4.69, 9.17) is 9.05 Å². The van der Waals surface area contributed by atoms with Crippen LogP contribution in [0.25, 0.3) is 0 Å². The van der Waals surface area contributed by atoms with Gasteiger partial charge in [-0.05, 0) is 12.8 Å². The third-order valence-electron chi connectivity index (χ3n) is 14.9. The van der Waals surface area contributed by atoms with Gasteiger partial charge in [-0.15, -0.1) is 0 Å². The number of phosphoric ester groups is 1. The van der Waals surface area contributed by atoms with Gasteiger partial charge in [-0.25, -0.2) is 4.57 Å². The standard InChI is InChI=1S/C61H125N2O6P/c1-6-8-10-12-14-16-18-20-22-23-24-25-26-27-28-29-30-31-32-33-34-35-36-37-38-39-40-41-43-45-47-49-51-53-55-61(65)62-59(58-69-70(66,67)68-57-56-63(3,4)5)60(64)54-52-50-48-46-44-42-21-19-17-15-13-11-9-7-2/h59-60,64H,6-58H2,1-5H3,(H-,62,65,66,67)/p+1. The fourth-order valence-corrected chi connectivity index (χ4v) is 10.7. The predicted molar refractivity (Wildman–Crippen MR) is 305 cm³/mol. The van der Waals surface area contributed by atoms with Crippen molar-refractivity contribution in [2.45, 2.75) is 347 Å². The summed E-state index contributed by atoms with van der Waals surface area (Å²) in [5.41, 5.74) is 0. The van der Waals surface area contributed by atoms with Gasteiger partial charge >= 0.3 is 7.82 Å². The van der Waals surface area contributed by atoms with Gasteiger partial charge in [0, 0.05) is 6.42 Å². The maximum atomic E-state index is 13.0. The number of carbonyl (C=O) groups excluding carboxylic acids is 1. The summed E-state index contributed by atoms with van der Waals surface area (Å²) in [7, 11) is 1.64. The molecule has 0 aromatic heterocycles. The number of nitrogens with zero attached hydrogens (tertiary/aromatic N) is 1. The van der Waals surface area contributed by atoms with E-state index in [1.165, 1.54) is 270 Å². The molecule has 0 radical (unpaired) electrons. The Morgan fingerprint density at radius 2 is 0.686 bits per heavy atom. The molecule has 70 heavy (non-hydrogen) atoms. The zero-order valence-corrected chi connectivity index (χ0v) is 48.9. The summed E-state index contributed by atoms with van der Waals surface area (Å²) in [5, 5.41) is 14.1. The van der Waals surface area contributed by atoms with Gasteiger partial charge in [0.05, 0.1) is 39.9 Å². The lowest BCUT2D eigenvalue weighted by Crippen LogP contribution is -2.46. The SMILES string of the molecule is CCCCCCCCCCCCCCCCCCCCCCCCCCCCCCCCCCCCC(=O)NC(COP(=O)(O)OCC[N+](C)(C)C)C(O)CCCCCCCCCCCCCCCC. The van der Waals surface area contributed by atoms with Gasteiger partial charge in [-0.2, -0.15) is 0 Å². The summed E-state index contributed by atoms with van der Waals surface area (Å²) in [5.74, 6) is -0.136. The Labute approximate surface area is 438 Å². The number of aliphatic hydroxyl groups excluding tert-OH is 1. The van der Waals surface area contributed by atoms with Gasteiger partial charge < -0.3 is 19.8 Å². The summed E-state index contributed by atoms with van der Waals surface area (Å²) < 4.78 is 23.8. The molecule has 3 atom stereocenters. The number of likely N-dealkylation sites (N-methyl/N-ethyl adjacent to an activating group) is 1. The minimum atomic E-state index is -4.32. The van der Waals surface area contributed by atoms with Crippen LogP contribution in [0.3, 0.4) is 0 Å². The van der Waals surface area contributed by atoms with Crippen molar-refractivity contribution in [3.05, 3.63) is 0 Å². The Morgan fingerprint density at radius 1 is 0.429 bits per heavy atom. The molecule has 0 heterocycles. The molecule has 420 valence electrons. The number of nitrogens with one attached hydrogen (secondary N) is 1. The molecule has 0 fully saturated rings. The highest BCUT2D eigenvalue weighted by atomic mass is 31.2.